The minimum Gasteiger partial charge on any atom is -0.368 e. The molecule has 1 aromatic heterocycles. The Hall–Kier alpha value is -3.57. The van der Waals surface area contributed by atoms with Gasteiger partial charge in [-0.15, -0.1) is 0 Å². The van der Waals surface area contributed by atoms with Gasteiger partial charge in [0.1, 0.15) is 37.7 Å². The van der Waals surface area contributed by atoms with Crippen molar-refractivity contribution in [3.63, 3.8) is 0 Å². The van der Waals surface area contributed by atoms with Gasteiger partial charge in [-0.25, -0.2) is 0 Å². The molecule has 1 rings (SSSR count). The first-order valence-corrected chi connectivity index (χ1v) is 7.09. The highest BCUT2D eigenvalue weighted by Crippen LogP contribution is 1.97. The van der Waals surface area contributed by atoms with Crippen molar-refractivity contribution >= 4 is 55.6 Å². The van der Waals surface area contributed by atoms with E-state index < -0.39 is 0 Å². The summed E-state index contributed by atoms with van der Waals surface area (Å²) in [6, 6.07) is 0. The van der Waals surface area contributed by atoms with Gasteiger partial charge in [-0.1, -0.05) is 0 Å². The fraction of sp³-hybridized carbons (Fsp3) is 0.400. The molecule has 0 atom stereocenters. The summed E-state index contributed by atoms with van der Waals surface area (Å²) in [5.41, 5.74) is 15.4. The first kappa shape index (κ1) is 38.8. The normalized spacial score (nSPS) is 6.00. The topological polar surface area (TPSA) is 219 Å². The molecule has 12 heteroatoms. The minimum atomic E-state index is 0.0417. The van der Waals surface area contributed by atoms with Crippen LogP contribution < -0.4 is 17.2 Å². The number of anilines is 3. The molecule has 0 aromatic carbocycles. The van der Waals surface area contributed by atoms with Gasteiger partial charge in [0.05, 0.1) is 0 Å². The van der Waals surface area contributed by atoms with Gasteiger partial charge in [0.2, 0.25) is 17.8 Å². The SMILES string of the molecule is CC=O.CC=O.CC=O.CC=O.CC=O.CC=O.Nc1nc(N)nc(N)n1. The molecule has 0 aliphatic carbocycles. The maximum Gasteiger partial charge on any atom is 0.226 e. The summed E-state index contributed by atoms with van der Waals surface area (Å²) in [6.45, 7) is 8.67. The highest BCUT2D eigenvalue weighted by Gasteiger charge is 1.93. The van der Waals surface area contributed by atoms with Gasteiger partial charge in [-0.2, -0.15) is 15.0 Å². The number of carbonyl (C=O) groups excluding carboxylic acids is 6. The molecule has 27 heavy (non-hydrogen) atoms. The lowest BCUT2D eigenvalue weighted by Gasteiger charge is -1.93. The largest absolute Gasteiger partial charge is 0.368 e. The maximum absolute atomic E-state index is 8.81. The lowest BCUT2D eigenvalue weighted by molar-refractivity contribution is -0.106. The van der Waals surface area contributed by atoms with E-state index in [4.69, 9.17) is 46.0 Å². The van der Waals surface area contributed by atoms with E-state index >= 15 is 0 Å². The predicted octanol–water partition coefficient (Wildman–Crippen LogP) is -0.151. The van der Waals surface area contributed by atoms with E-state index in [2.05, 4.69) is 15.0 Å². The van der Waals surface area contributed by atoms with E-state index in [-0.39, 0.29) is 17.8 Å². The number of carbonyl (C=O) groups is 6. The van der Waals surface area contributed by atoms with Crippen LogP contribution in [0.25, 0.3) is 0 Å². The zero-order chi connectivity index (χ0) is 23.1. The number of hydrogen-bond acceptors (Lipinski definition) is 12. The fourth-order valence-electron chi connectivity index (χ4n) is 0.427. The average Bonchev–Trinajstić information content (AvgIpc) is 2.50. The van der Waals surface area contributed by atoms with Crippen LogP contribution in [-0.4, -0.2) is 52.7 Å². The van der Waals surface area contributed by atoms with Crippen molar-refractivity contribution in [1.82, 2.24) is 15.0 Å². The Morgan fingerprint density at radius 3 is 0.593 bits per heavy atom. The summed E-state index contributed by atoms with van der Waals surface area (Å²) in [7, 11) is 0. The zero-order valence-corrected chi connectivity index (χ0v) is 16.5. The number of nitrogens with zero attached hydrogens (tertiary/aromatic N) is 3. The number of hydrogen-bond donors (Lipinski definition) is 3. The summed E-state index contributed by atoms with van der Waals surface area (Å²) in [6.07, 6.45) is 4.50. The monoisotopic (exact) mass is 390 g/mol. The Kier molecular flexibility index (Phi) is 71.1. The standard InChI is InChI=1S/C3H6N6.6C2H4O/c4-1-7-2(5)9-3(6)8-1;6*1-2-3/h(H6,4,5,6,7,8,9);6*2H,1H3. The molecule has 0 spiro atoms. The van der Waals surface area contributed by atoms with E-state index in [0.717, 1.165) is 37.7 Å². The molecule has 0 bridgehead atoms. The molecule has 6 N–H and O–H groups in total. The number of nitrogen functional groups attached to an aromatic ring is 3. The molecule has 0 aliphatic rings. The van der Waals surface area contributed by atoms with Crippen molar-refractivity contribution in [3.05, 3.63) is 0 Å². The first-order valence-electron chi connectivity index (χ1n) is 7.09. The van der Waals surface area contributed by atoms with E-state index in [1.54, 1.807) is 0 Å². The van der Waals surface area contributed by atoms with Crippen molar-refractivity contribution in [2.45, 2.75) is 41.5 Å². The van der Waals surface area contributed by atoms with Crippen LogP contribution >= 0.6 is 0 Å². The van der Waals surface area contributed by atoms with Crippen molar-refractivity contribution in [2.75, 3.05) is 17.2 Å². The van der Waals surface area contributed by atoms with E-state index in [1.165, 1.54) is 41.5 Å². The van der Waals surface area contributed by atoms with Gasteiger partial charge >= 0.3 is 0 Å². The van der Waals surface area contributed by atoms with Crippen LogP contribution in [-0.2, 0) is 28.8 Å². The average molecular weight is 390 g/mol. The van der Waals surface area contributed by atoms with Crippen molar-refractivity contribution in [2.24, 2.45) is 0 Å². The second-order valence-corrected chi connectivity index (χ2v) is 2.82. The molecule has 1 heterocycles. The summed E-state index contributed by atoms with van der Waals surface area (Å²) in [4.78, 5) is 63.3. The fourth-order valence-corrected chi connectivity index (χ4v) is 0.427. The number of aldehydes is 6. The lowest BCUT2D eigenvalue weighted by Crippen LogP contribution is -2.05. The Morgan fingerprint density at radius 1 is 0.444 bits per heavy atom. The van der Waals surface area contributed by atoms with E-state index in [1.807, 2.05) is 0 Å². The van der Waals surface area contributed by atoms with E-state index in [9.17, 15) is 0 Å². The zero-order valence-electron chi connectivity index (χ0n) is 16.5. The second-order valence-electron chi connectivity index (χ2n) is 2.82. The summed E-state index contributed by atoms with van der Waals surface area (Å²) in [5.74, 6) is 0.125. The molecule has 0 radical (unpaired) electrons. The van der Waals surface area contributed by atoms with Crippen LogP contribution in [0.3, 0.4) is 0 Å². The maximum atomic E-state index is 8.81. The number of nitrogens with two attached hydrogens (primary N) is 3. The Morgan fingerprint density at radius 2 is 0.519 bits per heavy atom. The number of aromatic nitrogens is 3. The molecule has 0 saturated carbocycles. The van der Waals surface area contributed by atoms with Gasteiger partial charge in [-0.05, 0) is 41.5 Å². The van der Waals surface area contributed by atoms with Crippen LogP contribution in [0, 0.1) is 0 Å². The van der Waals surface area contributed by atoms with Crippen LogP contribution in [0.15, 0.2) is 0 Å². The van der Waals surface area contributed by atoms with Gasteiger partial charge in [-0.3, -0.25) is 0 Å². The molecule has 0 aliphatic heterocycles. The second kappa shape index (κ2) is 49.5. The minimum absolute atomic E-state index is 0.0417. The molecular weight excluding hydrogens is 360 g/mol. The lowest BCUT2D eigenvalue weighted by atomic mass is 10.9. The highest BCUT2D eigenvalue weighted by molar-refractivity contribution is 5.45. The van der Waals surface area contributed by atoms with Gasteiger partial charge < -0.3 is 46.0 Å². The third-order valence-corrected chi connectivity index (χ3v) is 0.687. The molecule has 0 unspecified atom stereocenters. The first-order chi connectivity index (χ1) is 12.7. The summed E-state index contributed by atoms with van der Waals surface area (Å²) < 4.78 is 0. The van der Waals surface area contributed by atoms with Crippen LogP contribution in [0.1, 0.15) is 41.5 Å². The van der Waals surface area contributed by atoms with Gasteiger partial charge in [0, 0.05) is 0 Å². The smallest absolute Gasteiger partial charge is 0.226 e. The van der Waals surface area contributed by atoms with Gasteiger partial charge in [0.15, 0.2) is 0 Å². The quantitative estimate of drug-likeness (QED) is 0.492. The Balaban J connectivity index is -0.0000000525. The van der Waals surface area contributed by atoms with Crippen LogP contribution in [0.2, 0.25) is 0 Å². The molecule has 12 nitrogen and oxygen atoms in total. The van der Waals surface area contributed by atoms with E-state index in [0.29, 0.717) is 0 Å². The van der Waals surface area contributed by atoms with Crippen LogP contribution in [0.5, 0.6) is 0 Å². The third kappa shape index (κ3) is 132. The number of rotatable bonds is 0. The molecule has 0 amide bonds. The summed E-state index contributed by atoms with van der Waals surface area (Å²) >= 11 is 0. The summed E-state index contributed by atoms with van der Waals surface area (Å²) in [5, 5.41) is 0. The van der Waals surface area contributed by atoms with Gasteiger partial charge in [0.25, 0.3) is 0 Å². The van der Waals surface area contributed by atoms with Crippen molar-refractivity contribution < 1.29 is 28.8 Å². The highest BCUT2D eigenvalue weighted by atomic mass is 16.1. The molecule has 156 valence electrons. The molecule has 0 fully saturated rings. The van der Waals surface area contributed by atoms with Crippen molar-refractivity contribution in [1.29, 1.82) is 0 Å². The Bertz CT molecular complexity index is 375. The van der Waals surface area contributed by atoms with Crippen molar-refractivity contribution in [3.8, 4) is 0 Å². The molecule has 1 aromatic rings. The predicted molar refractivity (Wildman–Crippen MR) is 103 cm³/mol. The third-order valence-electron chi connectivity index (χ3n) is 0.687. The van der Waals surface area contributed by atoms with Crippen LogP contribution in [0.4, 0.5) is 17.8 Å². The molecule has 0 saturated heterocycles. The molecular formula is C15H30N6O6. The Labute approximate surface area is 158 Å².